The Hall–Kier alpha value is -2.75. The van der Waals surface area contributed by atoms with Gasteiger partial charge in [0.15, 0.2) is 5.78 Å². The summed E-state index contributed by atoms with van der Waals surface area (Å²) in [6.07, 6.45) is 6.99. The van der Waals surface area contributed by atoms with Crippen molar-refractivity contribution in [2.45, 2.75) is 6.92 Å². The highest BCUT2D eigenvalue weighted by Crippen LogP contribution is 2.32. The lowest BCUT2D eigenvalue weighted by molar-refractivity contribution is -0.109. The zero-order chi connectivity index (χ0) is 13.7. The Kier molecular flexibility index (Phi) is 2.15. The number of carbonyl (C=O) groups is 1. The molecule has 0 N–H and O–H groups in total. The van der Waals surface area contributed by atoms with Gasteiger partial charge in [-0.3, -0.25) is 4.79 Å². The van der Waals surface area contributed by atoms with Crippen molar-refractivity contribution in [2.75, 3.05) is 0 Å². The molecule has 4 rings (SSSR count). The first kappa shape index (κ1) is 11.1. The number of fused-ring (bicyclic) bond motifs is 2. The van der Waals surface area contributed by atoms with Crippen LogP contribution in [0.3, 0.4) is 0 Å². The van der Waals surface area contributed by atoms with E-state index < -0.39 is 0 Å². The van der Waals surface area contributed by atoms with Crippen LogP contribution in [0.25, 0.3) is 11.3 Å². The highest BCUT2D eigenvalue weighted by Gasteiger charge is 2.28. The van der Waals surface area contributed by atoms with Crippen molar-refractivity contribution in [3.63, 3.8) is 0 Å². The SMILES string of the molecule is CC1=CC(=O)C2=c3ccccc3=NC2=C1n1ccnc1. The molecule has 0 bridgehead atoms. The largest absolute Gasteiger partial charge is 0.304 e. The van der Waals surface area contributed by atoms with E-state index in [1.807, 2.05) is 42.0 Å². The number of ketones is 1. The van der Waals surface area contributed by atoms with E-state index in [4.69, 9.17) is 0 Å². The Labute approximate surface area is 115 Å². The third kappa shape index (κ3) is 1.39. The van der Waals surface area contributed by atoms with Crippen LogP contribution in [-0.2, 0) is 4.79 Å². The molecule has 0 unspecified atom stereocenters. The van der Waals surface area contributed by atoms with Crippen LogP contribution in [-0.4, -0.2) is 15.3 Å². The van der Waals surface area contributed by atoms with Crippen molar-refractivity contribution in [1.29, 1.82) is 0 Å². The molecule has 0 saturated heterocycles. The van der Waals surface area contributed by atoms with Gasteiger partial charge in [0.2, 0.25) is 0 Å². The van der Waals surface area contributed by atoms with Crippen molar-refractivity contribution in [3.8, 4) is 0 Å². The van der Waals surface area contributed by atoms with Crippen LogP contribution in [0.2, 0.25) is 0 Å². The van der Waals surface area contributed by atoms with E-state index in [2.05, 4.69) is 9.98 Å². The Morgan fingerprint density at radius 1 is 1.20 bits per heavy atom. The first-order valence-electron chi connectivity index (χ1n) is 6.40. The van der Waals surface area contributed by atoms with E-state index in [9.17, 15) is 4.79 Å². The maximum Gasteiger partial charge on any atom is 0.189 e. The normalized spacial score (nSPS) is 16.8. The third-order valence-corrected chi connectivity index (χ3v) is 3.60. The molecule has 2 aromatic rings. The summed E-state index contributed by atoms with van der Waals surface area (Å²) in [4.78, 5) is 21.1. The predicted molar refractivity (Wildman–Crippen MR) is 74.8 cm³/mol. The molecule has 1 aromatic carbocycles. The molecular weight excluding hydrogens is 250 g/mol. The molecule has 4 nitrogen and oxygen atoms in total. The van der Waals surface area contributed by atoms with Gasteiger partial charge < -0.3 is 4.57 Å². The van der Waals surface area contributed by atoms with Gasteiger partial charge in [-0.25, -0.2) is 9.98 Å². The fourth-order valence-electron chi connectivity index (χ4n) is 2.75. The zero-order valence-corrected chi connectivity index (χ0v) is 10.9. The lowest BCUT2D eigenvalue weighted by Gasteiger charge is -2.17. The molecule has 0 amide bonds. The number of hydrogen-bond acceptors (Lipinski definition) is 3. The molecule has 20 heavy (non-hydrogen) atoms. The van der Waals surface area contributed by atoms with Crippen LogP contribution in [0.15, 0.2) is 65.3 Å². The van der Waals surface area contributed by atoms with Crippen LogP contribution < -0.4 is 10.6 Å². The lowest BCUT2D eigenvalue weighted by Crippen LogP contribution is -2.24. The Balaban J connectivity index is 2.14. The smallest absolute Gasteiger partial charge is 0.189 e. The van der Waals surface area contributed by atoms with Crippen molar-refractivity contribution >= 4 is 17.1 Å². The first-order valence-corrected chi connectivity index (χ1v) is 6.40. The monoisotopic (exact) mass is 261 g/mol. The topological polar surface area (TPSA) is 47.2 Å². The highest BCUT2D eigenvalue weighted by molar-refractivity contribution is 6.30. The summed E-state index contributed by atoms with van der Waals surface area (Å²) < 4.78 is 1.91. The minimum absolute atomic E-state index is 0.0232. The van der Waals surface area contributed by atoms with E-state index >= 15 is 0 Å². The van der Waals surface area contributed by atoms with Gasteiger partial charge in [0.1, 0.15) is 0 Å². The summed E-state index contributed by atoms with van der Waals surface area (Å²) in [5, 5.41) is 1.76. The number of imidazole rings is 1. The van der Waals surface area contributed by atoms with Crippen molar-refractivity contribution in [2.24, 2.45) is 4.99 Å². The van der Waals surface area contributed by atoms with Gasteiger partial charge in [-0.15, -0.1) is 0 Å². The van der Waals surface area contributed by atoms with Crippen LogP contribution in [0.1, 0.15) is 6.92 Å². The van der Waals surface area contributed by atoms with Crippen LogP contribution in [0.4, 0.5) is 0 Å². The molecule has 4 heteroatoms. The van der Waals surface area contributed by atoms with Gasteiger partial charge in [0.25, 0.3) is 0 Å². The first-order chi connectivity index (χ1) is 9.75. The van der Waals surface area contributed by atoms with E-state index in [-0.39, 0.29) is 5.78 Å². The number of nitrogens with zero attached hydrogens (tertiary/aromatic N) is 3. The summed E-state index contributed by atoms with van der Waals surface area (Å²) in [6.45, 7) is 1.93. The molecule has 96 valence electrons. The summed E-state index contributed by atoms with van der Waals surface area (Å²) in [7, 11) is 0. The molecule has 0 radical (unpaired) electrons. The van der Waals surface area contributed by atoms with Crippen molar-refractivity contribution in [3.05, 3.63) is 70.9 Å². The third-order valence-electron chi connectivity index (χ3n) is 3.60. The fraction of sp³-hybridized carbons (Fsp3) is 0.0625. The standard InChI is InChI=1S/C16H11N3O/c1-10-8-13(20)14-11-4-2-3-5-12(11)18-15(14)16(10)19-7-6-17-9-19/h2-9H,1H3. The quantitative estimate of drug-likeness (QED) is 0.770. The second-order valence-corrected chi connectivity index (χ2v) is 4.86. The van der Waals surface area contributed by atoms with Gasteiger partial charge in [-0.2, -0.15) is 0 Å². The second kappa shape index (κ2) is 3.87. The van der Waals surface area contributed by atoms with E-state index in [0.717, 1.165) is 27.5 Å². The van der Waals surface area contributed by atoms with Crippen LogP contribution in [0, 0.1) is 0 Å². The van der Waals surface area contributed by atoms with Crippen molar-refractivity contribution in [1.82, 2.24) is 9.55 Å². The Morgan fingerprint density at radius 2 is 2.05 bits per heavy atom. The van der Waals surface area contributed by atoms with E-state index in [0.29, 0.717) is 5.57 Å². The van der Waals surface area contributed by atoms with Gasteiger partial charge in [0, 0.05) is 17.6 Å². The van der Waals surface area contributed by atoms with Gasteiger partial charge in [0.05, 0.1) is 28.7 Å². The van der Waals surface area contributed by atoms with Gasteiger partial charge >= 0.3 is 0 Å². The molecule has 1 aliphatic carbocycles. The number of carbonyl (C=O) groups excluding carboxylic acids is 1. The number of allylic oxidation sites excluding steroid dienone is 4. The van der Waals surface area contributed by atoms with Crippen LogP contribution in [0.5, 0.6) is 0 Å². The average molecular weight is 261 g/mol. The molecule has 1 aromatic heterocycles. The van der Waals surface area contributed by atoms with Crippen molar-refractivity contribution < 1.29 is 4.79 Å². The molecule has 2 aliphatic rings. The number of para-hydroxylation sites is 1. The van der Waals surface area contributed by atoms with E-state index in [1.54, 1.807) is 18.6 Å². The summed E-state index contributed by atoms with van der Waals surface area (Å²) in [5.41, 5.74) is 3.26. The lowest BCUT2D eigenvalue weighted by atomic mass is 9.95. The molecule has 2 heterocycles. The highest BCUT2D eigenvalue weighted by atomic mass is 16.1. The molecular formula is C16H11N3O. The Bertz CT molecular complexity index is 915. The van der Waals surface area contributed by atoms with Gasteiger partial charge in [-0.1, -0.05) is 18.2 Å². The molecule has 0 fully saturated rings. The zero-order valence-electron chi connectivity index (χ0n) is 10.9. The van der Waals surface area contributed by atoms with Gasteiger partial charge in [-0.05, 0) is 24.6 Å². The number of rotatable bonds is 1. The summed E-state index contributed by atoms with van der Waals surface area (Å²) in [5.74, 6) is 0.0232. The Morgan fingerprint density at radius 3 is 2.85 bits per heavy atom. The molecule has 0 saturated carbocycles. The maximum absolute atomic E-state index is 12.3. The molecule has 0 atom stereocenters. The predicted octanol–water partition coefficient (Wildman–Crippen LogP) is 1.06. The number of aromatic nitrogens is 2. The second-order valence-electron chi connectivity index (χ2n) is 4.86. The minimum atomic E-state index is 0.0232. The maximum atomic E-state index is 12.3. The minimum Gasteiger partial charge on any atom is -0.304 e. The number of benzene rings is 1. The number of hydrogen-bond donors (Lipinski definition) is 0. The van der Waals surface area contributed by atoms with Crippen LogP contribution >= 0.6 is 0 Å². The fourth-order valence-corrected chi connectivity index (χ4v) is 2.75. The summed E-state index contributed by atoms with van der Waals surface area (Å²) in [6, 6.07) is 7.74. The summed E-state index contributed by atoms with van der Waals surface area (Å²) >= 11 is 0. The average Bonchev–Trinajstić information content (AvgIpc) is 3.05. The molecule has 0 spiro atoms. The van der Waals surface area contributed by atoms with E-state index in [1.165, 1.54) is 0 Å². The molecule has 1 aliphatic heterocycles.